The maximum Gasteiger partial charge on any atom is 0.191 e. The smallest absolute Gasteiger partial charge is 0.191 e. The molecule has 2 heterocycles. The van der Waals surface area contributed by atoms with Gasteiger partial charge in [0.2, 0.25) is 0 Å². The molecular formula is C17H30N6. The lowest BCUT2D eigenvalue weighted by atomic mass is 10.2. The van der Waals surface area contributed by atoms with Gasteiger partial charge in [-0.3, -0.25) is 4.99 Å². The number of pyridine rings is 1. The van der Waals surface area contributed by atoms with Crippen molar-refractivity contribution in [2.45, 2.75) is 26.8 Å². The predicted molar refractivity (Wildman–Crippen MR) is 97.1 cm³/mol. The molecule has 0 amide bonds. The third kappa shape index (κ3) is 5.39. The van der Waals surface area contributed by atoms with Crippen LogP contribution in [0.1, 0.15) is 25.8 Å². The van der Waals surface area contributed by atoms with Crippen LogP contribution in [-0.2, 0) is 6.54 Å². The Morgan fingerprint density at radius 2 is 1.96 bits per heavy atom. The number of piperazine rings is 1. The van der Waals surface area contributed by atoms with Crippen molar-refractivity contribution in [3.8, 4) is 0 Å². The average molecular weight is 318 g/mol. The lowest BCUT2D eigenvalue weighted by Gasteiger charge is -2.34. The van der Waals surface area contributed by atoms with E-state index in [2.05, 4.69) is 56.4 Å². The maximum absolute atomic E-state index is 4.63. The average Bonchev–Trinajstić information content (AvgIpc) is 2.62. The van der Waals surface area contributed by atoms with Crippen molar-refractivity contribution < 1.29 is 0 Å². The number of nitrogens with one attached hydrogen (secondary N) is 2. The molecule has 0 radical (unpaired) electrons. The molecule has 1 aromatic heterocycles. The molecule has 1 saturated heterocycles. The van der Waals surface area contributed by atoms with Gasteiger partial charge in [0.05, 0.1) is 0 Å². The fraction of sp³-hybridized carbons (Fsp3) is 0.647. The molecule has 23 heavy (non-hydrogen) atoms. The van der Waals surface area contributed by atoms with Gasteiger partial charge < -0.3 is 20.4 Å². The Kier molecular flexibility index (Phi) is 7.13. The SMILES string of the molecule is CCCNC(=NC)NCc1ccc(N2CCN(CC)CC2)nc1. The molecule has 128 valence electrons. The number of hydrogen-bond acceptors (Lipinski definition) is 4. The summed E-state index contributed by atoms with van der Waals surface area (Å²) in [5.41, 5.74) is 1.17. The zero-order valence-corrected chi connectivity index (χ0v) is 14.7. The van der Waals surface area contributed by atoms with Gasteiger partial charge in [-0.2, -0.15) is 0 Å². The Bertz CT molecular complexity index is 476. The first-order valence-corrected chi connectivity index (χ1v) is 8.63. The summed E-state index contributed by atoms with van der Waals surface area (Å²) in [4.78, 5) is 13.7. The molecule has 0 spiro atoms. The van der Waals surface area contributed by atoms with Gasteiger partial charge in [-0.05, 0) is 24.6 Å². The lowest BCUT2D eigenvalue weighted by molar-refractivity contribution is 0.270. The first kappa shape index (κ1) is 17.5. The molecule has 1 aliphatic rings. The Morgan fingerprint density at radius 1 is 1.17 bits per heavy atom. The Morgan fingerprint density at radius 3 is 2.52 bits per heavy atom. The largest absolute Gasteiger partial charge is 0.356 e. The van der Waals surface area contributed by atoms with Crippen LogP contribution in [0.3, 0.4) is 0 Å². The standard InChI is InChI=1S/C17H30N6/c1-4-8-19-17(18-3)21-14-15-6-7-16(20-13-15)23-11-9-22(5-2)10-12-23/h6-7,13H,4-5,8-12,14H2,1-3H3,(H2,18,19,21). The number of anilines is 1. The van der Waals surface area contributed by atoms with E-state index in [1.807, 2.05) is 6.20 Å². The second-order valence-corrected chi connectivity index (χ2v) is 5.80. The third-order valence-electron chi connectivity index (χ3n) is 4.18. The van der Waals surface area contributed by atoms with Crippen LogP contribution in [0, 0.1) is 0 Å². The summed E-state index contributed by atoms with van der Waals surface area (Å²) >= 11 is 0. The van der Waals surface area contributed by atoms with Crippen LogP contribution in [-0.4, -0.2) is 62.2 Å². The number of rotatable bonds is 6. The molecule has 0 saturated carbocycles. The monoisotopic (exact) mass is 318 g/mol. The number of aliphatic imine (C=N–C) groups is 1. The molecule has 0 atom stereocenters. The lowest BCUT2D eigenvalue weighted by Crippen LogP contribution is -2.46. The minimum Gasteiger partial charge on any atom is -0.356 e. The van der Waals surface area contributed by atoms with Gasteiger partial charge in [-0.15, -0.1) is 0 Å². The molecule has 6 heteroatoms. The van der Waals surface area contributed by atoms with E-state index in [0.29, 0.717) is 0 Å². The van der Waals surface area contributed by atoms with Crippen molar-refractivity contribution in [2.24, 2.45) is 4.99 Å². The molecule has 1 aromatic rings. The molecule has 1 fully saturated rings. The zero-order valence-electron chi connectivity index (χ0n) is 14.7. The number of guanidine groups is 1. The fourth-order valence-electron chi connectivity index (χ4n) is 2.65. The highest BCUT2D eigenvalue weighted by Gasteiger charge is 2.16. The molecule has 2 N–H and O–H groups in total. The van der Waals surface area contributed by atoms with Gasteiger partial charge in [0.1, 0.15) is 5.82 Å². The van der Waals surface area contributed by atoms with E-state index < -0.39 is 0 Å². The van der Waals surface area contributed by atoms with Crippen molar-refractivity contribution in [3.63, 3.8) is 0 Å². The Hall–Kier alpha value is -1.82. The Balaban J connectivity index is 1.82. The predicted octanol–water partition coefficient (Wildman–Crippen LogP) is 1.30. The normalized spacial score (nSPS) is 16.5. The molecule has 0 bridgehead atoms. The summed E-state index contributed by atoms with van der Waals surface area (Å²) in [6.45, 7) is 11.5. The number of nitrogens with zero attached hydrogens (tertiary/aromatic N) is 4. The van der Waals surface area contributed by atoms with Gasteiger partial charge in [-0.25, -0.2) is 4.98 Å². The molecule has 2 rings (SSSR count). The van der Waals surface area contributed by atoms with E-state index in [9.17, 15) is 0 Å². The van der Waals surface area contributed by atoms with Gasteiger partial charge in [-0.1, -0.05) is 19.9 Å². The summed E-state index contributed by atoms with van der Waals surface area (Å²) < 4.78 is 0. The first-order chi connectivity index (χ1) is 11.3. The van der Waals surface area contributed by atoms with Crippen molar-refractivity contribution in [1.82, 2.24) is 20.5 Å². The summed E-state index contributed by atoms with van der Waals surface area (Å²) in [6, 6.07) is 4.27. The highest BCUT2D eigenvalue weighted by atomic mass is 15.3. The number of hydrogen-bond donors (Lipinski definition) is 2. The van der Waals surface area contributed by atoms with Gasteiger partial charge >= 0.3 is 0 Å². The molecule has 1 aliphatic heterocycles. The quantitative estimate of drug-likeness (QED) is 0.612. The van der Waals surface area contributed by atoms with Crippen LogP contribution < -0.4 is 15.5 Å². The molecular weight excluding hydrogens is 288 g/mol. The number of aromatic nitrogens is 1. The first-order valence-electron chi connectivity index (χ1n) is 8.63. The van der Waals surface area contributed by atoms with E-state index >= 15 is 0 Å². The second kappa shape index (κ2) is 9.35. The van der Waals surface area contributed by atoms with E-state index in [-0.39, 0.29) is 0 Å². The summed E-state index contributed by atoms with van der Waals surface area (Å²) in [6.07, 6.45) is 3.05. The molecule has 0 aromatic carbocycles. The number of likely N-dealkylation sites (N-methyl/N-ethyl adjacent to an activating group) is 1. The van der Waals surface area contributed by atoms with E-state index in [1.54, 1.807) is 7.05 Å². The topological polar surface area (TPSA) is 55.8 Å². The summed E-state index contributed by atoms with van der Waals surface area (Å²) in [7, 11) is 1.79. The van der Waals surface area contributed by atoms with E-state index in [4.69, 9.17) is 0 Å². The molecule has 0 aliphatic carbocycles. The van der Waals surface area contributed by atoms with Crippen LogP contribution in [0.15, 0.2) is 23.3 Å². The maximum atomic E-state index is 4.63. The van der Waals surface area contributed by atoms with E-state index in [1.165, 1.54) is 5.56 Å². The third-order valence-corrected chi connectivity index (χ3v) is 4.18. The second-order valence-electron chi connectivity index (χ2n) is 5.80. The van der Waals surface area contributed by atoms with Gasteiger partial charge in [0.15, 0.2) is 5.96 Å². The van der Waals surface area contributed by atoms with Crippen LogP contribution in [0.2, 0.25) is 0 Å². The van der Waals surface area contributed by atoms with Crippen LogP contribution in [0.25, 0.3) is 0 Å². The summed E-state index contributed by atoms with van der Waals surface area (Å²) in [5.74, 6) is 1.92. The highest BCUT2D eigenvalue weighted by molar-refractivity contribution is 5.79. The fourth-order valence-corrected chi connectivity index (χ4v) is 2.65. The van der Waals surface area contributed by atoms with E-state index in [0.717, 1.165) is 64.0 Å². The van der Waals surface area contributed by atoms with Crippen molar-refractivity contribution in [2.75, 3.05) is 51.2 Å². The Labute approximate surface area is 140 Å². The summed E-state index contributed by atoms with van der Waals surface area (Å²) in [5, 5.41) is 6.58. The van der Waals surface area contributed by atoms with Crippen LogP contribution in [0.4, 0.5) is 5.82 Å². The molecule has 6 nitrogen and oxygen atoms in total. The molecule has 0 unspecified atom stereocenters. The van der Waals surface area contributed by atoms with Crippen LogP contribution in [0.5, 0.6) is 0 Å². The van der Waals surface area contributed by atoms with Gasteiger partial charge in [0.25, 0.3) is 0 Å². The highest BCUT2D eigenvalue weighted by Crippen LogP contribution is 2.13. The minimum absolute atomic E-state index is 0.736. The zero-order chi connectivity index (χ0) is 16.5. The van der Waals surface area contributed by atoms with Crippen LogP contribution >= 0.6 is 0 Å². The van der Waals surface area contributed by atoms with Crippen molar-refractivity contribution in [1.29, 1.82) is 0 Å². The van der Waals surface area contributed by atoms with Crippen molar-refractivity contribution >= 4 is 11.8 Å². The minimum atomic E-state index is 0.736. The van der Waals surface area contributed by atoms with Gasteiger partial charge in [0, 0.05) is 52.5 Å². The van der Waals surface area contributed by atoms with Crippen molar-refractivity contribution in [3.05, 3.63) is 23.9 Å².